The van der Waals surface area contributed by atoms with Crippen molar-refractivity contribution in [3.8, 4) is 0 Å². The second-order valence-corrected chi connectivity index (χ2v) is 4.45. The SMILES string of the molecule is Cc1ccc(NCCc2nccn2C)c(C)c1. The minimum absolute atomic E-state index is 0.911. The van der Waals surface area contributed by atoms with Crippen molar-refractivity contribution in [3.05, 3.63) is 47.5 Å². The lowest BCUT2D eigenvalue weighted by molar-refractivity contribution is 0.789. The number of anilines is 1. The Hall–Kier alpha value is -1.77. The smallest absolute Gasteiger partial charge is 0.110 e. The molecule has 0 atom stereocenters. The molecule has 90 valence electrons. The maximum absolute atomic E-state index is 4.31. The van der Waals surface area contributed by atoms with Gasteiger partial charge in [0.25, 0.3) is 0 Å². The molecule has 0 aliphatic rings. The van der Waals surface area contributed by atoms with Crippen molar-refractivity contribution >= 4 is 5.69 Å². The molecule has 2 aromatic rings. The molecular formula is C14H19N3. The third-order valence-corrected chi connectivity index (χ3v) is 2.97. The maximum Gasteiger partial charge on any atom is 0.110 e. The molecule has 0 unspecified atom stereocenters. The van der Waals surface area contributed by atoms with Crippen molar-refractivity contribution in [1.82, 2.24) is 9.55 Å². The summed E-state index contributed by atoms with van der Waals surface area (Å²) in [4.78, 5) is 4.31. The van der Waals surface area contributed by atoms with Gasteiger partial charge < -0.3 is 9.88 Å². The van der Waals surface area contributed by atoms with Gasteiger partial charge in [0.2, 0.25) is 0 Å². The summed E-state index contributed by atoms with van der Waals surface area (Å²) in [6.07, 6.45) is 4.76. The summed E-state index contributed by atoms with van der Waals surface area (Å²) in [5.41, 5.74) is 3.81. The lowest BCUT2D eigenvalue weighted by Crippen LogP contribution is -2.09. The average molecular weight is 229 g/mol. The molecule has 0 fully saturated rings. The van der Waals surface area contributed by atoms with Crippen LogP contribution in [0.3, 0.4) is 0 Å². The molecule has 17 heavy (non-hydrogen) atoms. The summed E-state index contributed by atoms with van der Waals surface area (Å²) in [5.74, 6) is 1.11. The zero-order valence-corrected chi connectivity index (χ0v) is 10.7. The van der Waals surface area contributed by atoms with Crippen LogP contribution in [0.15, 0.2) is 30.6 Å². The molecule has 0 bridgehead atoms. The summed E-state index contributed by atoms with van der Waals surface area (Å²) >= 11 is 0. The number of nitrogens with one attached hydrogen (secondary N) is 1. The Morgan fingerprint density at radius 2 is 2.12 bits per heavy atom. The van der Waals surface area contributed by atoms with E-state index >= 15 is 0 Å². The number of nitrogens with zero attached hydrogens (tertiary/aromatic N) is 2. The third-order valence-electron chi connectivity index (χ3n) is 2.97. The fourth-order valence-corrected chi connectivity index (χ4v) is 1.96. The number of aromatic nitrogens is 2. The summed E-state index contributed by atoms with van der Waals surface area (Å²) in [7, 11) is 2.03. The first-order valence-electron chi connectivity index (χ1n) is 5.94. The van der Waals surface area contributed by atoms with E-state index in [1.165, 1.54) is 16.8 Å². The highest BCUT2D eigenvalue weighted by atomic mass is 15.0. The Labute approximate surface area is 103 Å². The van der Waals surface area contributed by atoms with Gasteiger partial charge in [0.1, 0.15) is 5.82 Å². The van der Waals surface area contributed by atoms with Crippen LogP contribution in [-0.2, 0) is 13.5 Å². The van der Waals surface area contributed by atoms with E-state index in [4.69, 9.17) is 0 Å². The van der Waals surface area contributed by atoms with Crippen molar-refractivity contribution in [2.75, 3.05) is 11.9 Å². The van der Waals surface area contributed by atoms with Crippen LogP contribution in [0.25, 0.3) is 0 Å². The van der Waals surface area contributed by atoms with Gasteiger partial charge in [-0.1, -0.05) is 17.7 Å². The van der Waals surface area contributed by atoms with E-state index < -0.39 is 0 Å². The van der Waals surface area contributed by atoms with Crippen LogP contribution in [0.1, 0.15) is 17.0 Å². The molecule has 0 saturated heterocycles. The van der Waals surface area contributed by atoms with Gasteiger partial charge in [-0.25, -0.2) is 4.98 Å². The third kappa shape index (κ3) is 2.87. The van der Waals surface area contributed by atoms with Gasteiger partial charge in [0, 0.05) is 38.1 Å². The zero-order chi connectivity index (χ0) is 12.3. The summed E-state index contributed by atoms with van der Waals surface area (Å²) in [6, 6.07) is 6.47. The van der Waals surface area contributed by atoms with E-state index in [0.717, 1.165) is 18.8 Å². The van der Waals surface area contributed by atoms with Gasteiger partial charge in [-0.15, -0.1) is 0 Å². The van der Waals surface area contributed by atoms with Crippen LogP contribution in [0.4, 0.5) is 5.69 Å². The second-order valence-electron chi connectivity index (χ2n) is 4.45. The van der Waals surface area contributed by atoms with Gasteiger partial charge in [-0.3, -0.25) is 0 Å². The largest absolute Gasteiger partial charge is 0.384 e. The van der Waals surface area contributed by atoms with E-state index in [9.17, 15) is 0 Å². The predicted octanol–water partition coefficient (Wildman–Crippen LogP) is 2.69. The lowest BCUT2D eigenvalue weighted by Gasteiger charge is -2.10. The molecule has 3 heteroatoms. The van der Waals surface area contributed by atoms with Crippen LogP contribution >= 0.6 is 0 Å². The van der Waals surface area contributed by atoms with E-state index in [2.05, 4.69) is 46.9 Å². The topological polar surface area (TPSA) is 29.9 Å². The van der Waals surface area contributed by atoms with Crippen molar-refractivity contribution in [2.24, 2.45) is 7.05 Å². The molecule has 1 N–H and O–H groups in total. The predicted molar refractivity (Wildman–Crippen MR) is 71.3 cm³/mol. The number of benzene rings is 1. The van der Waals surface area contributed by atoms with Crippen molar-refractivity contribution in [3.63, 3.8) is 0 Å². The first-order chi connectivity index (χ1) is 8.16. The maximum atomic E-state index is 4.31. The highest BCUT2D eigenvalue weighted by molar-refractivity contribution is 5.51. The fourth-order valence-electron chi connectivity index (χ4n) is 1.96. The molecule has 1 heterocycles. The van der Waals surface area contributed by atoms with Gasteiger partial charge in [-0.05, 0) is 25.5 Å². The molecule has 0 spiro atoms. The van der Waals surface area contributed by atoms with Gasteiger partial charge in [0.05, 0.1) is 0 Å². The molecule has 0 aliphatic heterocycles. The molecule has 1 aromatic heterocycles. The second kappa shape index (κ2) is 5.04. The summed E-state index contributed by atoms with van der Waals surface area (Å²) in [5, 5.41) is 3.45. The van der Waals surface area contributed by atoms with Crippen molar-refractivity contribution < 1.29 is 0 Å². The van der Waals surface area contributed by atoms with Crippen LogP contribution in [0.5, 0.6) is 0 Å². The zero-order valence-electron chi connectivity index (χ0n) is 10.7. The van der Waals surface area contributed by atoms with Crippen LogP contribution in [0.2, 0.25) is 0 Å². The molecule has 2 rings (SSSR count). The Morgan fingerprint density at radius 1 is 1.29 bits per heavy atom. The van der Waals surface area contributed by atoms with Gasteiger partial charge >= 0.3 is 0 Å². The molecule has 0 radical (unpaired) electrons. The Kier molecular flexibility index (Phi) is 3.47. The highest BCUT2D eigenvalue weighted by Crippen LogP contribution is 2.15. The Balaban J connectivity index is 1.92. The Morgan fingerprint density at radius 3 is 2.76 bits per heavy atom. The van der Waals surface area contributed by atoms with Crippen LogP contribution < -0.4 is 5.32 Å². The molecule has 0 amide bonds. The normalized spacial score (nSPS) is 10.5. The lowest BCUT2D eigenvalue weighted by atomic mass is 10.1. The van der Waals surface area contributed by atoms with Gasteiger partial charge in [-0.2, -0.15) is 0 Å². The van der Waals surface area contributed by atoms with E-state index in [-0.39, 0.29) is 0 Å². The minimum atomic E-state index is 0.911. The van der Waals surface area contributed by atoms with Crippen molar-refractivity contribution in [1.29, 1.82) is 0 Å². The van der Waals surface area contributed by atoms with Crippen molar-refractivity contribution in [2.45, 2.75) is 20.3 Å². The summed E-state index contributed by atoms with van der Waals surface area (Å²) in [6.45, 7) is 5.16. The first-order valence-corrected chi connectivity index (χ1v) is 5.94. The molecule has 0 aliphatic carbocycles. The molecule has 3 nitrogen and oxygen atoms in total. The molecule has 0 saturated carbocycles. The quantitative estimate of drug-likeness (QED) is 0.873. The summed E-state index contributed by atoms with van der Waals surface area (Å²) < 4.78 is 2.06. The number of hydrogen-bond acceptors (Lipinski definition) is 2. The molecule has 1 aromatic carbocycles. The van der Waals surface area contributed by atoms with E-state index in [1.54, 1.807) is 0 Å². The monoisotopic (exact) mass is 229 g/mol. The average Bonchev–Trinajstić information content (AvgIpc) is 2.68. The number of rotatable bonds is 4. The minimum Gasteiger partial charge on any atom is -0.384 e. The van der Waals surface area contributed by atoms with E-state index in [1.807, 2.05) is 19.4 Å². The molecular weight excluding hydrogens is 210 g/mol. The number of imidazole rings is 1. The van der Waals surface area contributed by atoms with Crippen LogP contribution in [0, 0.1) is 13.8 Å². The van der Waals surface area contributed by atoms with E-state index in [0.29, 0.717) is 0 Å². The first kappa shape index (κ1) is 11.7. The standard InChI is InChI=1S/C14H19N3/c1-11-4-5-13(12(2)10-11)15-7-6-14-16-8-9-17(14)3/h4-5,8-10,15H,6-7H2,1-3H3. The fraction of sp³-hybridized carbons (Fsp3) is 0.357. The highest BCUT2D eigenvalue weighted by Gasteiger charge is 2.00. The number of hydrogen-bond donors (Lipinski definition) is 1. The van der Waals surface area contributed by atoms with Gasteiger partial charge in [0.15, 0.2) is 0 Å². The Bertz CT molecular complexity index is 500. The number of aryl methyl sites for hydroxylation is 3. The van der Waals surface area contributed by atoms with Crippen LogP contribution in [-0.4, -0.2) is 16.1 Å².